The maximum Gasteiger partial charge on any atom is 0.225 e. The van der Waals surface area contributed by atoms with Gasteiger partial charge in [0, 0.05) is 30.2 Å². The minimum absolute atomic E-state index is 0. The third kappa shape index (κ3) is 6.48. The van der Waals surface area contributed by atoms with Crippen LogP contribution in [0.15, 0.2) is 54.6 Å². The first kappa shape index (κ1) is 18.5. The molecule has 1 N–H and O–H groups in total. The Bertz CT molecular complexity index is 573. The number of amides is 1. The summed E-state index contributed by atoms with van der Waals surface area (Å²) < 4.78 is 0. The predicted octanol–water partition coefficient (Wildman–Crippen LogP) is 0.805. The van der Waals surface area contributed by atoms with Crippen molar-refractivity contribution in [3.05, 3.63) is 65.2 Å². The summed E-state index contributed by atoms with van der Waals surface area (Å²) in [5.74, 6) is 0.0113. The smallest absolute Gasteiger partial charge is 0.225 e. The minimum Gasteiger partial charge on any atom is -1.00 e. The van der Waals surface area contributed by atoms with Crippen LogP contribution in [0, 0.1) is 0 Å². The fourth-order valence-corrected chi connectivity index (χ4v) is 2.15. The fourth-order valence-electron chi connectivity index (χ4n) is 2.02. The molecule has 0 aromatic heterocycles. The highest BCUT2D eigenvalue weighted by atomic mass is 35.5. The largest absolute Gasteiger partial charge is 1.00 e. The molecule has 3 nitrogen and oxygen atoms in total. The van der Waals surface area contributed by atoms with Gasteiger partial charge in [-0.05, 0) is 36.9 Å². The first-order chi connectivity index (χ1) is 10.1. The Kier molecular flexibility index (Phi) is 7.96. The molecule has 22 heavy (non-hydrogen) atoms. The molecule has 0 saturated heterocycles. The Morgan fingerprint density at radius 2 is 1.73 bits per heavy atom. The van der Waals surface area contributed by atoms with E-state index in [-0.39, 0.29) is 18.3 Å². The SMILES string of the molecule is CN(CCC(=O)Nc1ccc(Cl)cc1)Cc1ccccc1.[Cl-]. The molecule has 5 heteroatoms. The molecule has 0 heterocycles. The van der Waals surface area contributed by atoms with Crippen LogP contribution in [0.3, 0.4) is 0 Å². The number of carbonyl (C=O) groups is 1. The van der Waals surface area contributed by atoms with Gasteiger partial charge in [-0.1, -0.05) is 41.9 Å². The number of nitrogens with zero attached hydrogens (tertiary/aromatic N) is 1. The number of hydrogen-bond donors (Lipinski definition) is 1. The van der Waals surface area contributed by atoms with Gasteiger partial charge in [-0.25, -0.2) is 0 Å². The van der Waals surface area contributed by atoms with Crippen LogP contribution in [0.25, 0.3) is 0 Å². The van der Waals surface area contributed by atoms with Gasteiger partial charge in [-0.15, -0.1) is 0 Å². The Hall–Kier alpha value is -1.55. The van der Waals surface area contributed by atoms with Crippen molar-refractivity contribution in [1.82, 2.24) is 4.90 Å². The molecular formula is C17H19Cl2N2O-. The first-order valence-electron chi connectivity index (χ1n) is 6.91. The molecule has 2 rings (SSSR count). The number of benzene rings is 2. The van der Waals surface area contributed by atoms with Crippen LogP contribution in [0.4, 0.5) is 5.69 Å². The molecule has 0 saturated carbocycles. The van der Waals surface area contributed by atoms with Crippen LogP contribution in [-0.4, -0.2) is 24.4 Å². The van der Waals surface area contributed by atoms with Crippen molar-refractivity contribution in [2.75, 3.05) is 18.9 Å². The van der Waals surface area contributed by atoms with Gasteiger partial charge in [0.1, 0.15) is 0 Å². The van der Waals surface area contributed by atoms with E-state index in [0.29, 0.717) is 18.0 Å². The molecule has 2 aromatic rings. The molecule has 0 radical (unpaired) electrons. The van der Waals surface area contributed by atoms with Crippen molar-refractivity contribution in [3.63, 3.8) is 0 Å². The molecule has 118 valence electrons. The Labute approximate surface area is 142 Å². The maximum atomic E-state index is 11.9. The van der Waals surface area contributed by atoms with Gasteiger partial charge < -0.3 is 22.6 Å². The molecule has 0 aliphatic heterocycles. The highest BCUT2D eigenvalue weighted by molar-refractivity contribution is 6.30. The molecule has 0 atom stereocenters. The highest BCUT2D eigenvalue weighted by Gasteiger charge is 2.05. The van der Waals surface area contributed by atoms with E-state index in [4.69, 9.17) is 11.6 Å². The van der Waals surface area contributed by atoms with Crippen LogP contribution in [0.2, 0.25) is 5.02 Å². The third-order valence-corrected chi connectivity index (χ3v) is 3.40. The van der Waals surface area contributed by atoms with Gasteiger partial charge in [0.05, 0.1) is 0 Å². The summed E-state index contributed by atoms with van der Waals surface area (Å²) in [6, 6.07) is 17.4. The normalized spacial score (nSPS) is 10.1. The standard InChI is InChI=1S/C17H19ClN2O.ClH/c1-20(13-14-5-3-2-4-6-14)12-11-17(21)19-16-9-7-15(18)8-10-16;/h2-10H,11-13H2,1H3,(H,19,21);1H/p-1. The number of carbonyl (C=O) groups excluding carboxylic acids is 1. The molecule has 0 fully saturated rings. The van der Waals surface area contributed by atoms with Crippen molar-refractivity contribution in [3.8, 4) is 0 Å². The zero-order valence-corrected chi connectivity index (χ0v) is 13.9. The van der Waals surface area contributed by atoms with Crippen molar-refractivity contribution in [2.24, 2.45) is 0 Å². The van der Waals surface area contributed by atoms with Gasteiger partial charge in [-0.3, -0.25) is 4.79 Å². The second-order valence-corrected chi connectivity index (χ2v) is 5.46. The van der Waals surface area contributed by atoms with E-state index < -0.39 is 0 Å². The number of halogens is 2. The zero-order chi connectivity index (χ0) is 15.1. The Morgan fingerprint density at radius 3 is 2.36 bits per heavy atom. The zero-order valence-electron chi connectivity index (χ0n) is 12.4. The van der Waals surface area contributed by atoms with Gasteiger partial charge in [0.15, 0.2) is 0 Å². The van der Waals surface area contributed by atoms with Crippen LogP contribution in [0.5, 0.6) is 0 Å². The average molecular weight is 338 g/mol. The minimum atomic E-state index is 0. The van der Waals surface area contributed by atoms with Gasteiger partial charge in [-0.2, -0.15) is 0 Å². The number of rotatable bonds is 6. The monoisotopic (exact) mass is 337 g/mol. The van der Waals surface area contributed by atoms with Crippen molar-refractivity contribution in [1.29, 1.82) is 0 Å². The molecular weight excluding hydrogens is 319 g/mol. The Morgan fingerprint density at radius 1 is 1.09 bits per heavy atom. The average Bonchev–Trinajstić information content (AvgIpc) is 2.49. The topological polar surface area (TPSA) is 32.3 Å². The summed E-state index contributed by atoms with van der Waals surface area (Å²) >= 11 is 5.81. The first-order valence-corrected chi connectivity index (χ1v) is 7.29. The van der Waals surface area contributed by atoms with Crippen molar-refractivity contribution < 1.29 is 17.2 Å². The van der Waals surface area contributed by atoms with Crippen LogP contribution in [0.1, 0.15) is 12.0 Å². The fraction of sp³-hybridized carbons (Fsp3) is 0.235. The molecule has 2 aromatic carbocycles. The van der Waals surface area contributed by atoms with Gasteiger partial charge in [0.2, 0.25) is 5.91 Å². The molecule has 0 spiro atoms. The lowest BCUT2D eigenvalue weighted by Gasteiger charge is -2.16. The molecule has 0 bridgehead atoms. The number of hydrogen-bond acceptors (Lipinski definition) is 2. The highest BCUT2D eigenvalue weighted by Crippen LogP contribution is 2.13. The summed E-state index contributed by atoms with van der Waals surface area (Å²) in [5.41, 5.74) is 2.02. The van der Waals surface area contributed by atoms with Gasteiger partial charge in [0.25, 0.3) is 0 Å². The van der Waals surface area contributed by atoms with Gasteiger partial charge >= 0.3 is 0 Å². The Balaban J connectivity index is 0.00000242. The summed E-state index contributed by atoms with van der Waals surface area (Å²) in [6.07, 6.45) is 0.464. The van der Waals surface area contributed by atoms with E-state index >= 15 is 0 Å². The van der Waals surface area contributed by atoms with E-state index in [1.165, 1.54) is 5.56 Å². The van der Waals surface area contributed by atoms with Crippen LogP contribution in [-0.2, 0) is 11.3 Å². The van der Waals surface area contributed by atoms with Crippen molar-refractivity contribution >= 4 is 23.2 Å². The van der Waals surface area contributed by atoms with E-state index in [0.717, 1.165) is 12.2 Å². The second-order valence-electron chi connectivity index (χ2n) is 5.03. The molecule has 0 aliphatic rings. The van der Waals surface area contributed by atoms with E-state index in [2.05, 4.69) is 22.3 Å². The second kappa shape index (κ2) is 9.46. The van der Waals surface area contributed by atoms with E-state index in [1.807, 2.05) is 25.2 Å². The summed E-state index contributed by atoms with van der Waals surface area (Å²) in [4.78, 5) is 14.0. The van der Waals surface area contributed by atoms with Crippen molar-refractivity contribution in [2.45, 2.75) is 13.0 Å². The van der Waals surface area contributed by atoms with Crippen LogP contribution < -0.4 is 17.7 Å². The van der Waals surface area contributed by atoms with E-state index in [1.54, 1.807) is 24.3 Å². The third-order valence-electron chi connectivity index (χ3n) is 3.14. The quantitative estimate of drug-likeness (QED) is 0.845. The van der Waals surface area contributed by atoms with E-state index in [9.17, 15) is 4.79 Å². The summed E-state index contributed by atoms with van der Waals surface area (Å²) in [7, 11) is 2.02. The number of anilines is 1. The number of nitrogens with one attached hydrogen (secondary N) is 1. The lowest BCUT2D eigenvalue weighted by atomic mass is 10.2. The molecule has 0 aliphatic carbocycles. The molecule has 1 amide bonds. The van der Waals surface area contributed by atoms with Crippen LogP contribution >= 0.6 is 11.6 Å². The maximum absolute atomic E-state index is 11.9. The summed E-state index contributed by atoms with van der Waals surface area (Å²) in [6.45, 7) is 1.56. The predicted molar refractivity (Wildman–Crippen MR) is 87.5 cm³/mol. The molecule has 0 unspecified atom stereocenters. The lowest BCUT2D eigenvalue weighted by molar-refractivity contribution is -0.116. The summed E-state index contributed by atoms with van der Waals surface area (Å²) in [5, 5.41) is 3.53. The lowest BCUT2D eigenvalue weighted by Crippen LogP contribution is -3.00.